The van der Waals surface area contributed by atoms with E-state index >= 15 is 0 Å². The van der Waals surface area contributed by atoms with E-state index in [2.05, 4.69) is 25.2 Å². The number of aromatic amines is 1. The van der Waals surface area contributed by atoms with E-state index in [9.17, 15) is 4.79 Å². The monoisotopic (exact) mass is 193 g/mol. The third-order valence-electron chi connectivity index (χ3n) is 1.59. The molecule has 2 aromatic rings. The second-order valence-electron chi connectivity index (χ2n) is 2.54. The lowest BCUT2D eigenvalue weighted by Crippen LogP contribution is -2.13. The minimum absolute atomic E-state index is 0.214. The number of nitrogens with one attached hydrogen (secondary N) is 2. The molecule has 0 aliphatic rings. The van der Waals surface area contributed by atoms with Gasteiger partial charge in [-0.1, -0.05) is 5.16 Å². The fourth-order valence-corrected chi connectivity index (χ4v) is 0.938. The predicted octanol–water partition coefficient (Wildman–Crippen LogP) is 0.232. The maximum absolute atomic E-state index is 11.5. The summed E-state index contributed by atoms with van der Waals surface area (Å²) in [5.74, 6) is 0.159. The molecule has 0 saturated heterocycles. The Labute approximate surface area is 78.3 Å². The van der Waals surface area contributed by atoms with Gasteiger partial charge in [0.2, 0.25) is 0 Å². The van der Waals surface area contributed by atoms with E-state index in [1.165, 1.54) is 18.5 Å². The smallest absolute Gasteiger partial charge is 0.262 e. The molecular weight excluding hydrogens is 186 g/mol. The topological polar surface area (TPSA) is 110 Å². The maximum Gasteiger partial charge on any atom is 0.262 e. The molecule has 4 N–H and O–H groups in total. The Morgan fingerprint density at radius 3 is 3.07 bits per heavy atom. The Hall–Kier alpha value is -2.31. The van der Waals surface area contributed by atoms with Gasteiger partial charge >= 0.3 is 0 Å². The number of nitrogens with two attached hydrogens (primary N) is 1. The van der Waals surface area contributed by atoms with Gasteiger partial charge in [0.15, 0.2) is 5.82 Å². The molecule has 0 unspecified atom stereocenters. The van der Waals surface area contributed by atoms with Crippen LogP contribution in [0.5, 0.6) is 0 Å². The molecule has 0 radical (unpaired) electrons. The Balaban J connectivity index is 2.14. The lowest BCUT2D eigenvalue weighted by molar-refractivity contribution is 0.102. The molecule has 7 heteroatoms. The molecule has 0 aliphatic heterocycles. The minimum atomic E-state index is -0.384. The second kappa shape index (κ2) is 3.21. The van der Waals surface area contributed by atoms with E-state index in [1.807, 2.05) is 0 Å². The number of aromatic nitrogens is 3. The van der Waals surface area contributed by atoms with Gasteiger partial charge in [-0.25, -0.2) is 0 Å². The average molecular weight is 193 g/mol. The zero-order valence-corrected chi connectivity index (χ0v) is 7.02. The third kappa shape index (κ3) is 1.42. The van der Waals surface area contributed by atoms with Gasteiger partial charge in [-0.3, -0.25) is 9.89 Å². The van der Waals surface area contributed by atoms with Crippen molar-refractivity contribution in [3.05, 3.63) is 24.1 Å². The van der Waals surface area contributed by atoms with Crippen LogP contribution in [0, 0.1) is 0 Å². The molecule has 2 rings (SSSR count). The molecule has 7 nitrogen and oxygen atoms in total. The van der Waals surface area contributed by atoms with Gasteiger partial charge < -0.3 is 15.6 Å². The molecule has 72 valence electrons. The van der Waals surface area contributed by atoms with Crippen molar-refractivity contribution in [3.8, 4) is 0 Å². The van der Waals surface area contributed by atoms with E-state index in [0.29, 0.717) is 5.82 Å². The molecule has 0 aromatic carbocycles. The highest BCUT2D eigenvalue weighted by Gasteiger charge is 2.12. The number of nitrogens with zero attached hydrogens (tertiary/aromatic N) is 2. The number of hydrogen-bond acceptors (Lipinski definition) is 5. The molecule has 2 heterocycles. The summed E-state index contributed by atoms with van der Waals surface area (Å²) in [5.41, 5.74) is 5.72. The first-order valence-electron chi connectivity index (χ1n) is 3.78. The highest BCUT2D eigenvalue weighted by Crippen LogP contribution is 2.09. The summed E-state index contributed by atoms with van der Waals surface area (Å²) in [5, 5.41) is 12.1. The van der Waals surface area contributed by atoms with Crippen molar-refractivity contribution >= 4 is 17.5 Å². The molecule has 0 saturated carbocycles. The Morgan fingerprint density at radius 2 is 2.50 bits per heavy atom. The van der Waals surface area contributed by atoms with Gasteiger partial charge in [-0.15, -0.1) is 0 Å². The number of hydrogen-bond donors (Lipinski definition) is 3. The van der Waals surface area contributed by atoms with E-state index in [1.54, 1.807) is 0 Å². The van der Waals surface area contributed by atoms with E-state index in [0.717, 1.165) is 0 Å². The van der Waals surface area contributed by atoms with Crippen LogP contribution in [0.15, 0.2) is 23.0 Å². The number of carbonyl (C=O) groups is 1. The third-order valence-corrected chi connectivity index (χ3v) is 1.59. The summed E-state index contributed by atoms with van der Waals surface area (Å²) in [6, 6.07) is 1.52. The summed E-state index contributed by atoms with van der Waals surface area (Å²) in [4.78, 5) is 11.5. The van der Waals surface area contributed by atoms with E-state index in [-0.39, 0.29) is 17.3 Å². The van der Waals surface area contributed by atoms with Crippen LogP contribution in [0.3, 0.4) is 0 Å². The number of carbonyl (C=O) groups excluding carboxylic acids is 1. The number of nitrogen functional groups attached to an aromatic ring is 1. The minimum Gasteiger partial charge on any atom is -0.383 e. The van der Waals surface area contributed by atoms with Crippen molar-refractivity contribution in [2.75, 3.05) is 11.1 Å². The number of anilines is 2. The van der Waals surface area contributed by atoms with Crippen molar-refractivity contribution in [1.29, 1.82) is 0 Å². The highest BCUT2D eigenvalue weighted by molar-refractivity contribution is 6.06. The lowest BCUT2D eigenvalue weighted by atomic mass is 10.3. The fraction of sp³-hybridized carbons (Fsp3) is 0. The molecule has 0 bridgehead atoms. The molecular formula is C7H7N5O2. The normalized spacial score (nSPS) is 10.0. The van der Waals surface area contributed by atoms with Crippen molar-refractivity contribution in [1.82, 2.24) is 15.4 Å². The molecule has 0 fully saturated rings. The largest absolute Gasteiger partial charge is 0.383 e. The average Bonchev–Trinajstić information content (AvgIpc) is 2.75. The molecule has 0 spiro atoms. The van der Waals surface area contributed by atoms with Crippen LogP contribution < -0.4 is 11.1 Å². The van der Waals surface area contributed by atoms with Crippen molar-refractivity contribution in [2.24, 2.45) is 0 Å². The summed E-state index contributed by atoms with van der Waals surface area (Å²) in [6.45, 7) is 0. The number of H-pyrrole nitrogens is 1. The Kier molecular flexibility index (Phi) is 1.90. The van der Waals surface area contributed by atoms with Gasteiger partial charge in [0.25, 0.3) is 5.91 Å². The molecule has 14 heavy (non-hydrogen) atoms. The van der Waals surface area contributed by atoms with Crippen LogP contribution in [0.25, 0.3) is 0 Å². The maximum atomic E-state index is 11.5. The first kappa shape index (κ1) is 8.30. The first-order valence-corrected chi connectivity index (χ1v) is 3.78. The highest BCUT2D eigenvalue weighted by atomic mass is 16.5. The van der Waals surface area contributed by atoms with Crippen LogP contribution in [0.1, 0.15) is 10.4 Å². The zero-order chi connectivity index (χ0) is 9.97. The van der Waals surface area contributed by atoms with E-state index in [4.69, 9.17) is 5.73 Å². The summed E-state index contributed by atoms with van der Waals surface area (Å²) in [7, 11) is 0. The van der Waals surface area contributed by atoms with Gasteiger partial charge in [-0.2, -0.15) is 5.10 Å². The van der Waals surface area contributed by atoms with Crippen LogP contribution in [0.4, 0.5) is 11.6 Å². The molecule has 0 aliphatic carbocycles. The van der Waals surface area contributed by atoms with Crippen LogP contribution in [-0.2, 0) is 0 Å². The van der Waals surface area contributed by atoms with Crippen molar-refractivity contribution in [2.45, 2.75) is 0 Å². The summed E-state index contributed by atoms with van der Waals surface area (Å²) < 4.78 is 4.54. The van der Waals surface area contributed by atoms with Crippen LogP contribution in [-0.4, -0.2) is 21.3 Å². The molecule has 1 amide bonds. The second-order valence-corrected chi connectivity index (χ2v) is 2.54. The standard InChI is InChI=1S/C7H7N5O2/c8-6-4(3-9-11-6)7(13)10-5-1-2-14-12-5/h1-3H,(H3,8,9,11)(H,10,12,13). The predicted molar refractivity (Wildman–Crippen MR) is 47.5 cm³/mol. The number of rotatable bonds is 2. The molecule has 2 aromatic heterocycles. The van der Waals surface area contributed by atoms with Crippen molar-refractivity contribution in [3.63, 3.8) is 0 Å². The summed E-state index contributed by atoms with van der Waals surface area (Å²) >= 11 is 0. The SMILES string of the molecule is Nc1[nH]ncc1C(=O)Nc1ccon1. The summed E-state index contributed by atoms with van der Waals surface area (Å²) in [6.07, 6.45) is 2.69. The van der Waals surface area contributed by atoms with Gasteiger partial charge in [0.1, 0.15) is 17.6 Å². The first-order chi connectivity index (χ1) is 6.77. The zero-order valence-electron chi connectivity index (χ0n) is 7.02. The number of amides is 1. The molecule has 0 atom stereocenters. The van der Waals surface area contributed by atoms with Crippen molar-refractivity contribution < 1.29 is 9.32 Å². The Bertz CT molecular complexity index is 433. The van der Waals surface area contributed by atoms with Gasteiger partial charge in [0.05, 0.1) is 6.20 Å². The lowest BCUT2D eigenvalue weighted by Gasteiger charge is -1.97. The quantitative estimate of drug-likeness (QED) is 0.632. The van der Waals surface area contributed by atoms with Gasteiger partial charge in [0, 0.05) is 6.07 Å². The van der Waals surface area contributed by atoms with Gasteiger partial charge in [-0.05, 0) is 0 Å². The van der Waals surface area contributed by atoms with Crippen LogP contribution in [0.2, 0.25) is 0 Å². The van der Waals surface area contributed by atoms with E-state index < -0.39 is 0 Å². The Morgan fingerprint density at radius 1 is 1.64 bits per heavy atom. The van der Waals surface area contributed by atoms with Crippen LogP contribution >= 0.6 is 0 Å². The fourth-order valence-electron chi connectivity index (χ4n) is 0.938.